The first kappa shape index (κ1) is 16.4. The Morgan fingerprint density at radius 3 is 2.42 bits per heavy atom. The van der Waals surface area contributed by atoms with E-state index in [9.17, 15) is 4.79 Å². The lowest BCUT2D eigenvalue weighted by atomic mass is 10.1. The van der Waals surface area contributed by atoms with E-state index in [0.717, 1.165) is 28.3 Å². The minimum Gasteiger partial charge on any atom is -0.423 e. The summed E-state index contributed by atoms with van der Waals surface area (Å²) in [5.74, 6) is 0.206. The fraction of sp³-hybridized carbons (Fsp3) is 0.150. The van der Waals surface area contributed by atoms with E-state index in [-0.39, 0.29) is 5.97 Å². The van der Waals surface area contributed by atoms with Gasteiger partial charge in [0, 0.05) is 10.6 Å². The highest BCUT2D eigenvalue weighted by Crippen LogP contribution is 2.26. The molecule has 0 bridgehead atoms. The molecule has 0 saturated carbocycles. The summed E-state index contributed by atoms with van der Waals surface area (Å²) in [6, 6.07) is 19.2. The number of H-pyrrole nitrogens is 1. The van der Waals surface area contributed by atoms with E-state index >= 15 is 0 Å². The number of carbonyl (C=O) groups is 1. The highest BCUT2D eigenvalue weighted by Gasteiger charge is 2.18. The summed E-state index contributed by atoms with van der Waals surface area (Å²) < 4.78 is 5.55. The molecule has 0 saturated heterocycles. The molecule has 1 aromatic heterocycles. The van der Waals surface area contributed by atoms with Gasteiger partial charge in [-0.3, -0.25) is 0 Å². The fourth-order valence-electron chi connectivity index (χ4n) is 2.50. The predicted octanol–water partition coefficient (Wildman–Crippen LogP) is 5.19. The van der Waals surface area contributed by atoms with Crippen LogP contribution >= 0.6 is 11.8 Å². The number of hydrogen-bond donors (Lipinski definition) is 1. The molecule has 122 valence electrons. The normalized spacial score (nSPS) is 10.6. The van der Waals surface area contributed by atoms with Crippen molar-refractivity contribution in [2.45, 2.75) is 18.2 Å². The Hall–Kier alpha value is -2.46. The number of carbonyl (C=O) groups excluding carboxylic acids is 1. The van der Waals surface area contributed by atoms with E-state index in [4.69, 9.17) is 4.74 Å². The molecular weight excluding hydrogens is 318 g/mol. The number of aromatic amines is 1. The average molecular weight is 337 g/mol. The molecule has 0 spiro atoms. The maximum Gasteiger partial charge on any atom is 0.345 e. The molecule has 2 aromatic carbocycles. The number of rotatable bonds is 5. The first-order chi connectivity index (χ1) is 11.7. The first-order valence-corrected chi connectivity index (χ1v) is 9.07. The Morgan fingerprint density at radius 1 is 1.08 bits per heavy atom. The standard InChI is InChI=1S/C20H19NO2S/c1-3-15-13-18(19(21-15)14-7-5-4-6-8-14)20(22)23-16-9-11-17(24-2)12-10-16/h4-13,21H,3H2,1-2H3. The van der Waals surface area contributed by atoms with Crippen molar-refractivity contribution in [3.05, 3.63) is 71.9 Å². The molecule has 3 rings (SSSR count). The van der Waals surface area contributed by atoms with Gasteiger partial charge in [-0.15, -0.1) is 11.8 Å². The zero-order chi connectivity index (χ0) is 16.9. The van der Waals surface area contributed by atoms with Gasteiger partial charge in [0.25, 0.3) is 0 Å². The van der Waals surface area contributed by atoms with Crippen molar-refractivity contribution >= 4 is 17.7 Å². The SMILES string of the molecule is CCc1cc(C(=O)Oc2ccc(SC)cc2)c(-c2ccccc2)[nH]1. The van der Waals surface area contributed by atoms with Crippen molar-refractivity contribution in [3.8, 4) is 17.0 Å². The third-order valence-corrected chi connectivity index (χ3v) is 4.55. The topological polar surface area (TPSA) is 42.1 Å². The first-order valence-electron chi connectivity index (χ1n) is 7.84. The van der Waals surface area contributed by atoms with Gasteiger partial charge in [0.05, 0.1) is 11.3 Å². The molecule has 0 unspecified atom stereocenters. The molecule has 4 heteroatoms. The number of hydrogen-bond acceptors (Lipinski definition) is 3. The zero-order valence-corrected chi connectivity index (χ0v) is 14.5. The van der Waals surface area contributed by atoms with Crippen LogP contribution in [0.3, 0.4) is 0 Å². The molecule has 1 N–H and O–H groups in total. The quantitative estimate of drug-likeness (QED) is 0.396. The predicted molar refractivity (Wildman–Crippen MR) is 98.8 cm³/mol. The van der Waals surface area contributed by atoms with E-state index < -0.39 is 0 Å². The summed E-state index contributed by atoms with van der Waals surface area (Å²) in [5.41, 5.74) is 3.35. The summed E-state index contributed by atoms with van der Waals surface area (Å²) in [7, 11) is 0. The Bertz CT molecular complexity index is 823. The van der Waals surface area contributed by atoms with Gasteiger partial charge in [-0.25, -0.2) is 4.79 Å². The maximum absolute atomic E-state index is 12.6. The Morgan fingerprint density at radius 2 is 1.79 bits per heavy atom. The molecular formula is C20H19NO2S. The molecule has 0 atom stereocenters. The van der Waals surface area contributed by atoms with Crippen LogP contribution in [0.5, 0.6) is 5.75 Å². The van der Waals surface area contributed by atoms with Crippen molar-refractivity contribution in [3.63, 3.8) is 0 Å². The zero-order valence-electron chi connectivity index (χ0n) is 13.7. The Labute approximate surface area is 146 Å². The molecule has 3 aromatic rings. The summed E-state index contributed by atoms with van der Waals surface area (Å²) in [4.78, 5) is 17.1. The van der Waals surface area contributed by atoms with Crippen LogP contribution in [0.15, 0.2) is 65.6 Å². The number of nitrogens with one attached hydrogen (secondary N) is 1. The lowest BCUT2D eigenvalue weighted by Gasteiger charge is -2.06. The van der Waals surface area contributed by atoms with Gasteiger partial charge in [-0.2, -0.15) is 0 Å². The Kier molecular flexibility index (Phi) is 5.06. The highest BCUT2D eigenvalue weighted by molar-refractivity contribution is 7.98. The number of ether oxygens (including phenoxy) is 1. The molecule has 0 aliphatic rings. The third kappa shape index (κ3) is 3.54. The second-order valence-electron chi connectivity index (χ2n) is 5.37. The van der Waals surface area contributed by atoms with Crippen LogP contribution in [-0.2, 0) is 6.42 Å². The molecule has 0 amide bonds. The number of benzene rings is 2. The summed E-state index contributed by atoms with van der Waals surface area (Å²) in [6.07, 6.45) is 2.84. The van der Waals surface area contributed by atoms with Gasteiger partial charge in [0.15, 0.2) is 0 Å². The molecule has 1 heterocycles. The van der Waals surface area contributed by atoms with E-state index in [2.05, 4.69) is 11.9 Å². The fourth-order valence-corrected chi connectivity index (χ4v) is 2.91. The van der Waals surface area contributed by atoms with Gasteiger partial charge in [-0.1, -0.05) is 37.3 Å². The van der Waals surface area contributed by atoms with E-state index in [1.807, 2.05) is 66.9 Å². The van der Waals surface area contributed by atoms with Crippen LogP contribution in [0.4, 0.5) is 0 Å². The summed E-state index contributed by atoms with van der Waals surface area (Å²) in [5, 5.41) is 0. The number of thioether (sulfide) groups is 1. The lowest BCUT2D eigenvalue weighted by molar-refractivity contribution is 0.0735. The van der Waals surface area contributed by atoms with Crippen LogP contribution in [0.25, 0.3) is 11.3 Å². The molecule has 0 aliphatic heterocycles. The monoisotopic (exact) mass is 337 g/mol. The lowest BCUT2D eigenvalue weighted by Crippen LogP contribution is -2.08. The van der Waals surface area contributed by atoms with Gasteiger partial charge >= 0.3 is 5.97 Å². The maximum atomic E-state index is 12.6. The summed E-state index contributed by atoms with van der Waals surface area (Å²) >= 11 is 1.65. The van der Waals surface area contributed by atoms with E-state index in [1.165, 1.54) is 0 Å². The van der Waals surface area contributed by atoms with Gasteiger partial charge in [0.1, 0.15) is 5.75 Å². The van der Waals surface area contributed by atoms with Crippen molar-refractivity contribution in [1.29, 1.82) is 0 Å². The van der Waals surface area contributed by atoms with Gasteiger partial charge in [0.2, 0.25) is 0 Å². The smallest absolute Gasteiger partial charge is 0.345 e. The number of aromatic nitrogens is 1. The Balaban J connectivity index is 1.90. The molecule has 3 nitrogen and oxygen atoms in total. The van der Waals surface area contributed by atoms with Crippen LogP contribution in [0.2, 0.25) is 0 Å². The van der Waals surface area contributed by atoms with Crippen molar-refractivity contribution in [2.75, 3.05) is 6.26 Å². The minimum absolute atomic E-state index is 0.346. The minimum atomic E-state index is -0.346. The van der Waals surface area contributed by atoms with Crippen LogP contribution in [0.1, 0.15) is 23.0 Å². The van der Waals surface area contributed by atoms with Crippen molar-refractivity contribution < 1.29 is 9.53 Å². The largest absolute Gasteiger partial charge is 0.423 e. The van der Waals surface area contributed by atoms with E-state index in [0.29, 0.717) is 11.3 Å². The molecule has 24 heavy (non-hydrogen) atoms. The van der Waals surface area contributed by atoms with Crippen molar-refractivity contribution in [2.24, 2.45) is 0 Å². The van der Waals surface area contributed by atoms with Crippen LogP contribution < -0.4 is 4.74 Å². The van der Waals surface area contributed by atoms with Crippen LogP contribution in [0, 0.1) is 0 Å². The average Bonchev–Trinajstić information content (AvgIpc) is 3.08. The number of aryl methyl sites for hydroxylation is 1. The van der Waals surface area contributed by atoms with E-state index in [1.54, 1.807) is 11.8 Å². The van der Waals surface area contributed by atoms with Gasteiger partial charge < -0.3 is 9.72 Å². The van der Waals surface area contributed by atoms with Gasteiger partial charge in [-0.05, 0) is 48.6 Å². The molecule has 0 fully saturated rings. The number of esters is 1. The second-order valence-corrected chi connectivity index (χ2v) is 6.25. The molecule has 0 aliphatic carbocycles. The van der Waals surface area contributed by atoms with Crippen LogP contribution in [-0.4, -0.2) is 17.2 Å². The van der Waals surface area contributed by atoms with Crippen molar-refractivity contribution in [1.82, 2.24) is 4.98 Å². The third-order valence-electron chi connectivity index (χ3n) is 3.81. The molecule has 0 radical (unpaired) electrons. The highest BCUT2D eigenvalue weighted by atomic mass is 32.2. The summed E-state index contributed by atoms with van der Waals surface area (Å²) in [6.45, 7) is 2.05. The second kappa shape index (κ2) is 7.41.